The van der Waals surface area contributed by atoms with Crippen molar-refractivity contribution >= 4 is 0 Å². The lowest BCUT2D eigenvalue weighted by Gasteiger charge is -2.48. The third-order valence-electron chi connectivity index (χ3n) is 6.08. The van der Waals surface area contributed by atoms with Gasteiger partial charge in [0.05, 0.1) is 0 Å². The summed E-state index contributed by atoms with van der Waals surface area (Å²) in [6.45, 7) is 3.31. The molecule has 0 radical (unpaired) electrons. The Morgan fingerprint density at radius 3 is 2.74 bits per heavy atom. The van der Waals surface area contributed by atoms with E-state index in [1.165, 1.54) is 48.9 Å². The molecule has 2 aromatic rings. The number of nitrogens with zero attached hydrogens (tertiary/aromatic N) is 1. The number of benzene rings is 2. The lowest BCUT2D eigenvalue weighted by molar-refractivity contribution is -0.228. The Kier molecular flexibility index (Phi) is 5.92. The minimum Gasteiger partial charge on any atom is -0.355 e. The third kappa shape index (κ3) is 4.26. The third-order valence-corrected chi connectivity index (χ3v) is 6.08. The first-order valence-electron chi connectivity index (χ1n) is 10.3. The molecule has 1 fully saturated rings. The second-order valence-corrected chi connectivity index (χ2v) is 7.96. The molecular weight excluding hydrogens is 334 g/mol. The fraction of sp³-hybridized carbons (Fsp3) is 0.500. The topological polar surface area (TPSA) is 21.7 Å². The molecule has 2 aliphatic heterocycles. The summed E-state index contributed by atoms with van der Waals surface area (Å²) in [5, 5.41) is 0. The lowest BCUT2D eigenvalue weighted by Crippen LogP contribution is -2.52. The first-order valence-corrected chi connectivity index (χ1v) is 10.3. The van der Waals surface area contributed by atoms with Crippen LogP contribution in [-0.2, 0) is 27.9 Å². The van der Waals surface area contributed by atoms with Gasteiger partial charge in [0.1, 0.15) is 5.60 Å². The molecule has 2 heterocycles. The Balaban J connectivity index is 1.38. The normalized spacial score (nSPS) is 25.4. The molecule has 3 heteroatoms. The summed E-state index contributed by atoms with van der Waals surface area (Å²) < 4.78 is 12.2. The van der Waals surface area contributed by atoms with Gasteiger partial charge in [-0.15, -0.1) is 0 Å². The standard InChI is InChI=1S/C24H31NO2/c1-26-23-18-21-13-5-6-14-22(21)24(27-23)15-9-17-25(19-24)16-8-7-12-20-10-3-2-4-11-20/h2-6,10-11,13-14,23H,7-9,12,15-19H2,1H3/t23-,24-/m1/s1. The number of rotatable bonds is 6. The van der Waals surface area contributed by atoms with Gasteiger partial charge in [0.15, 0.2) is 6.29 Å². The highest BCUT2D eigenvalue weighted by Crippen LogP contribution is 2.42. The highest BCUT2D eigenvalue weighted by molar-refractivity contribution is 5.35. The summed E-state index contributed by atoms with van der Waals surface area (Å²) in [5.41, 5.74) is 4.02. The second kappa shape index (κ2) is 8.55. The molecule has 1 spiro atoms. The molecule has 0 unspecified atom stereocenters. The van der Waals surface area contributed by atoms with Crippen LogP contribution in [0.15, 0.2) is 54.6 Å². The maximum absolute atomic E-state index is 6.53. The minimum atomic E-state index is -0.201. The first kappa shape index (κ1) is 18.7. The van der Waals surface area contributed by atoms with Crippen LogP contribution in [0.3, 0.4) is 0 Å². The smallest absolute Gasteiger partial charge is 0.162 e. The van der Waals surface area contributed by atoms with Gasteiger partial charge in [-0.1, -0.05) is 54.6 Å². The Morgan fingerprint density at radius 1 is 1.07 bits per heavy atom. The Morgan fingerprint density at radius 2 is 1.89 bits per heavy atom. The predicted octanol–water partition coefficient (Wildman–Crippen LogP) is 4.55. The fourth-order valence-electron chi connectivity index (χ4n) is 4.73. The molecular formula is C24H31NO2. The Labute approximate surface area is 163 Å². The molecule has 2 aromatic carbocycles. The van der Waals surface area contributed by atoms with Crippen molar-refractivity contribution in [3.05, 3.63) is 71.3 Å². The van der Waals surface area contributed by atoms with Crippen molar-refractivity contribution in [2.45, 2.75) is 50.4 Å². The number of unbranched alkanes of at least 4 members (excludes halogenated alkanes) is 1. The molecule has 3 nitrogen and oxygen atoms in total. The number of methoxy groups -OCH3 is 1. The van der Waals surface area contributed by atoms with Crippen LogP contribution in [0.2, 0.25) is 0 Å². The molecule has 0 N–H and O–H groups in total. The highest BCUT2D eigenvalue weighted by atomic mass is 16.7. The molecule has 4 rings (SSSR count). The van der Waals surface area contributed by atoms with E-state index in [0.717, 1.165) is 25.9 Å². The van der Waals surface area contributed by atoms with E-state index in [4.69, 9.17) is 9.47 Å². The zero-order chi connectivity index (χ0) is 18.5. The number of piperidine rings is 1. The van der Waals surface area contributed by atoms with Gasteiger partial charge in [0.2, 0.25) is 0 Å². The molecule has 0 amide bonds. The molecule has 27 heavy (non-hydrogen) atoms. The van der Waals surface area contributed by atoms with Crippen molar-refractivity contribution in [3.8, 4) is 0 Å². The van der Waals surface area contributed by atoms with E-state index in [0.29, 0.717) is 0 Å². The van der Waals surface area contributed by atoms with Gasteiger partial charge in [-0.2, -0.15) is 0 Å². The number of hydrogen-bond donors (Lipinski definition) is 0. The maximum Gasteiger partial charge on any atom is 0.162 e. The number of ether oxygens (including phenoxy) is 2. The number of hydrogen-bond acceptors (Lipinski definition) is 3. The number of likely N-dealkylation sites (tertiary alicyclic amines) is 1. The monoisotopic (exact) mass is 365 g/mol. The van der Waals surface area contributed by atoms with Crippen LogP contribution in [0.5, 0.6) is 0 Å². The van der Waals surface area contributed by atoms with E-state index in [1.54, 1.807) is 7.11 Å². The van der Waals surface area contributed by atoms with Crippen LogP contribution < -0.4 is 0 Å². The van der Waals surface area contributed by atoms with Crippen molar-refractivity contribution in [2.75, 3.05) is 26.7 Å². The first-order chi connectivity index (χ1) is 13.3. The summed E-state index contributed by atoms with van der Waals surface area (Å²) >= 11 is 0. The molecule has 0 saturated carbocycles. The summed E-state index contributed by atoms with van der Waals surface area (Å²) in [6.07, 6.45) is 6.65. The molecule has 144 valence electrons. The number of fused-ring (bicyclic) bond motifs is 2. The largest absolute Gasteiger partial charge is 0.355 e. The van der Waals surface area contributed by atoms with Crippen LogP contribution in [0.4, 0.5) is 0 Å². The molecule has 2 aliphatic rings. The van der Waals surface area contributed by atoms with Crippen LogP contribution >= 0.6 is 0 Å². The van der Waals surface area contributed by atoms with Crippen molar-refractivity contribution in [1.29, 1.82) is 0 Å². The summed E-state index contributed by atoms with van der Waals surface area (Å²) in [7, 11) is 1.76. The van der Waals surface area contributed by atoms with Crippen molar-refractivity contribution in [1.82, 2.24) is 4.90 Å². The van der Waals surface area contributed by atoms with E-state index in [1.807, 2.05) is 0 Å². The molecule has 0 aliphatic carbocycles. The summed E-state index contributed by atoms with van der Waals surface area (Å²) in [4.78, 5) is 2.60. The average Bonchev–Trinajstić information content (AvgIpc) is 2.72. The van der Waals surface area contributed by atoms with Crippen LogP contribution in [0, 0.1) is 0 Å². The van der Waals surface area contributed by atoms with Crippen LogP contribution in [0.25, 0.3) is 0 Å². The van der Waals surface area contributed by atoms with Gasteiger partial charge >= 0.3 is 0 Å². The second-order valence-electron chi connectivity index (χ2n) is 7.96. The summed E-state index contributed by atoms with van der Waals surface area (Å²) in [5.74, 6) is 0. The minimum absolute atomic E-state index is 0.127. The zero-order valence-corrected chi connectivity index (χ0v) is 16.4. The van der Waals surface area contributed by atoms with Crippen LogP contribution in [-0.4, -0.2) is 37.9 Å². The quantitative estimate of drug-likeness (QED) is 0.701. The Hall–Kier alpha value is -1.68. The van der Waals surface area contributed by atoms with E-state index in [2.05, 4.69) is 59.5 Å². The van der Waals surface area contributed by atoms with E-state index < -0.39 is 0 Å². The highest BCUT2D eigenvalue weighted by Gasteiger charge is 2.44. The van der Waals surface area contributed by atoms with Crippen molar-refractivity contribution < 1.29 is 9.47 Å². The van der Waals surface area contributed by atoms with Crippen molar-refractivity contribution in [2.24, 2.45) is 0 Å². The zero-order valence-electron chi connectivity index (χ0n) is 16.4. The van der Waals surface area contributed by atoms with E-state index >= 15 is 0 Å². The van der Waals surface area contributed by atoms with Gasteiger partial charge in [-0.05, 0) is 61.9 Å². The summed E-state index contributed by atoms with van der Waals surface area (Å²) in [6, 6.07) is 19.6. The van der Waals surface area contributed by atoms with Gasteiger partial charge in [-0.3, -0.25) is 0 Å². The number of aryl methyl sites for hydroxylation is 1. The molecule has 0 bridgehead atoms. The lowest BCUT2D eigenvalue weighted by atomic mass is 9.80. The van der Waals surface area contributed by atoms with E-state index in [9.17, 15) is 0 Å². The van der Waals surface area contributed by atoms with Gasteiger partial charge in [0.25, 0.3) is 0 Å². The van der Waals surface area contributed by atoms with Crippen molar-refractivity contribution in [3.63, 3.8) is 0 Å². The average molecular weight is 366 g/mol. The van der Waals surface area contributed by atoms with Gasteiger partial charge in [0, 0.05) is 20.1 Å². The predicted molar refractivity (Wildman–Crippen MR) is 109 cm³/mol. The molecule has 2 atom stereocenters. The van der Waals surface area contributed by atoms with Crippen LogP contribution in [0.1, 0.15) is 42.4 Å². The fourth-order valence-corrected chi connectivity index (χ4v) is 4.73. The van der Waals surface area contributed by atoms with Gasteiger partial charge < -0.3 is 14.4 Å². The SMILES string of the molecule is CO[C@H]1Cc2ccccc2[C@]2(CCCN(CCCCc3ccccc3)C2)O1. The Bertz CT molecular complexity index is 732. The van der Waals surface area contributed by atoms with Gasteiger partial charge in [-0.25, -0.2) is 0 Å². The molecule has 0 aromatic heterocycles. The van der Waals surface area contributed by atoms with E-state index in [-0.39, 0.29) is 11.9 Å². The molecule has 1 saturated heterocycles. The maximum atomic E-state index is 6.53.